The first-order valence-corrected chi connectivity index (χ1v) is 7.70. The highest BCUT2D eigenvalue weighted by Gasteiger charge is 2.34. The molecule has 0 aliphatic heterocycles. The predicted molar refractivity (Wildman–Crippen MR) is 78.6 cm³/mol. The van der Waals surface area contributed by atoms with Crippen molar-refractivity contribution in [1.82, 2.24) is 5.32 Å². The Kier molecular flexibility index (Phi) is 3.84. The Morgan fingerprint density at radius 3 is 2.68 bits per heavy atom. The first kappa shape index (κ1) is 13.4. The zero-order chi connectivity index (χ0) is 13.3. The summed E-state index contributed by atoms with van der Waals surface area (Å²) in [5.74, 6) is 0. The second kappa shape index (κ2) is 5.43. The molecule has 2 aliphatic carbocycles. The summed E-state index contributed by atoms with van der Waals surface area (Å²) in [5, 5.41) is 14.2. The molecule has 2 nitrogen and oxygen atoms in total. The van der Waals surface area contributed by atoms with Crippen molar-refractivity contribution in [1.29, 1.82) is 0 Å². The molecule has 1 saturated carbocycles. The summed E-state index contributed by atoms with van der Waals surface area (Å²) >= 11 is 6.04. The zero-order valence-corrected chi connectivity index (χ0v) is 12.0. The number of aliphatic hydroxyl groups is 1. The van der Waals surface area contributed by atoms with Gasteiger partial charge in [-0.2, -0.15) is 0 Å². The van der Waals surface area contributed by atoms with Crippen LogP contribution in [0.4, 0.5) is 0 Å². The fourth-order valence-electron chi connectivity index (χ4n) is 3.61. The van der Waals surface area contributed by atoms with Gasteiger partial charge in [-0.15, -0.1) is 0 Å². The highest BCUT2D eigenvalue weighted by molar-refractivity contribution is 6.30. The van der Waals surface area contributed by atoms with Crippen molar-refractivity contribution in [3.63, 3.8) is 0 Å². The highest BCUT2D eigenvalue weighted by Crippen LogP contribution is 2.37. The Morgan fingerprint density at radius 1 is 1.21 bits per heavy atom. The first-order chi connectivity index (χ1) is 9.21. The molecule has 1 atom stereocenters. The lowest BCUT2D eigenvalue weighted by Crippen LogP contribution is -2.40. The maximum atomic E-state index is 9.64. The van der Waals surface area contributed by atoms with Crippen molar-refractivity contribution in [3.8, 4) is 0 Å². The number of aliphatic hydroxyl groups excluding tert-OH is 1. The van der Waals surface area contributed by atoms with Crippen molar-refractivity contribution < 1.29 is 5.11 Å². The molecule has 19 heavy (non-hydrogen) atoms. The van der Waals surface area contributed by atoms with E-state index in [0.29, 0.717) is 12.6 Å². The first-order valence-electron chi connectivity index (χ1n) is 7.32. The molecule has 1 aromatic rings. The average Bonchev–Trinajstić information content (AvgIpc) is 3.02. The lowest BCUT2D eigenvalue weighted by Gasteiger charge is -2.28. The van der Waals surface area contributed by atoms with E-state index < -0.39 is 0 Å². The standard InChI is InChI=1S/C16H22ClNO/c17-14-4-3-12-8-15(9-13(12)7-14)18-10-16(11-19)5-1-2-6-16/h3-4,7,15,18-19H,1-2,5-6,8-11H2. The summed E-state index contributed by atoms with van der Waals surface area (Å²) in [5.41, 5.74) is 2.95. The van der Waals surface area contributed by atoms with Gasteiger partial charge < -0.3 is 10.4 Å². The minimum atomic E-state index is 0.145. The molecule has 0 spiro atoms. The van der Waals surface area contributed by atoms with E-state index in [4.69, 9.17) is 11.6 Å². The third-order valence-electron chi connectivity index (χ3n) is 4.87. The van der Waals surface area contributed by atoms with Gasteiger partial charge in [0.25, 0.3) is 0 Å². The molecule has 0 heterocycles. The van der Waals surface area contributed by atoms with E-state index in [1.54, 1.807) is 0 Å². The summed E-state index contributed by atoms with van der Waals surface area (Å²) in [6.07, 6.45) is 7.03. The number of nitrogens with one attached hydrogen (secondary N) is 1. The van der Waals surface area contributed by atoms with Gasteiger partial charge >= 0.3 is 0 Å². The molecule has 0 bridgehead atoms. The predicted octanol–water partition coefficient (Wildman–Crippen LogP) is 2.95. The lowest BCUT2D eigenvalue weighted by atomic mass is 9.87. The Hall–Kier alpha value is -0.570. The van der Waals surface area contributed by atoms with Crippen LogP contribution < -0.4 is 5.32 Å². The molecule has 1 fully saturated rings. The van der Waals surface area contributed by atoms with Gasteiger partial charge in [-0.3, -0.25) is 0 Å². The summed E-state index contributed by atoms with van der Waals surface area (Å²) in [7, 11) is 0. The SMILES string of the molecule is OCC1(CNC2Cc3ccc(Cl)cc3C2)CCCC1. The molecular formula is C16H22ClNO. The van der Waals surface area contributed by atoms with Crippen molar-refractivity contribution in [2.45, 2.75) is 44.6 Å². The number of halogens is 1. The largest absolute Gasteiger partial charge is 0.396 e. The third-order valence-corrected chi connectivity index (χ3v) is 5.10. The van der Waals surface area contributed by atoms with Crippen LogP contribution in [0.25, 0.3) is 0 Å². The topological polar surface area (TPSA) is 32.3 Å². The van der Waals surface area contributed by atoms with Crippen molar-refractivity contribution in [2.24, 2.45) is 5.41 Å². The second-order valence-corrected chi connectivity index (χ2v) is 6.70. The van der Waals surface area contributed by atoms with E-state index in [1.165, 1.54) is 36.8 Å². The van der Waals surface area contributed by atoms with Gasteiger partial charge in [-0.05, 0) is 48.9 Å². The molecule has 1 unspecified atom stereocenters. The Morgan fingerprint density at radius 2 is 1.95 bits per heavy atom. The Labute approximate surface area is 120 Å². The van der Waals surface area contributed by atoms with Crippen LogP contribution in [0, 0.1) is 5.41 Å². The van der Waals surface area contributed by atoms with Crippen LogP contribution in [0.1, 0.15) is 36.8 Å². The number of hydrogen-bond acceptors (Lipinski definition) is 2. The Bertz CT molecular complexity index is 454. The quantitative estimate of drug-likeness (QED) is 0.888. The molecule has 0 saturated heterocycles. The van der Waals surface area contributed by atoms with Gasteiger partial charge in [0.1, 0.15) is 0 Å². The molecule has 1 aromatic carbocycles. The van der Waals surface area contributed by atoms with Crippen molar-refractivity contribution >= 4 is 11.6 Å². The minimum absolute atomic E-state index is 0.145. The minimum Gasteiger partial charge on any atom is -0.396 e. The van der Waals surface area contributed by atoms with E-state index in [1.807, 2.05) is 6.07 Å². The molecule has 0 aromatic heterocycles. The van der Waals surface area contributed by atoms with Crippen LogP contribution in [0.2, 0.25) is 5.02 Å². The summed E-state index contributed by atoms with van der Waals surface area (Å²) in [6.45, 7) is 1.28. The molecular weight excluding hydrogens is 258 g/mol. The summed E-state index contributed by atoms with van der Waals surface area (Å²) in [4.78, 5) is 0. The molecule has 2 N–H and O–H groups in total. The maximum absolute atomic E-state index is 9.64. The van der Waals surface area contributed by atoms with Crippen molar-refractivity contribution in [2.75, 3.05) is 13.2 Å². The smallest absolute Gasteiger partial charge is 0.0499 e. The van der Waals surface area contributed by atoms with Gasteiger partial charge in [-0.1, -0.05) is 30.5 Å². The molecule has 0 amide bonds. The fourth-order valence-corrected chi connectivity index (χ4v) is 3.80. The normalized spacial score (nSPS) is 24.6. The summed E-state index contributed by atoms with van der Waals surface area (Å²) in [6, 6.07) is 6.74. The van der Waals surface area contributed by atoms with Gasteiger partial charge in [0.05, 0.1) is 0 Å². The number of fused-ring (bicyclic) bond motifs is 1. The molecule has 0 radical (unpaired) electrons. The zero-order valence-electron chi connectivity index (χ0n) is 11.3. The van der Waals surface area contributed by atoms with E-state index >= 15 is 0 Å². The average molecular weight is 280 g/mol. The number of hydrogen-bond donors (Lipinski definition) is 2. The van der Waals surface area contributed by atoms with Crippen LogP contribution in [0.3, 0.4) is 0 Å². The Balaban J connectivity index is 1.58. The van der Waals surface area contributed by atoms with E-state index in [9.17, 15) is 5.11 Å². The van der Waals surface area contributed by atoms with Gasteiger partial charge in [0.15, 0.2) is 0 Å². The number of rotatable bonds is 4. The van der Waals surface area contributed by atoms with Crippen LogP contribution in [-0.2, 0) is 12.8 Å². The summed E-state index contributed by atoms with van der Waals surface area (Å²) < 4.78 is 0. The maximum Gasteiger partial charge on any atom is 0.0499 e. The van der Waals surface area contributed by atoms with E-state index in [2.05, 4.69) is 17.4 Å². The second-order valence-electron chi connectivity index (χ2n) is 6.26. The molecule has 104 valence electrons. The molecule has 2 aliphatic rings. The molecule has 3 rings (SSSR count). The number of benzene rings is 1. The van der Waals surface area contributed by atoms with E-state index in [0.717, 1.165) is 24.4 Å². The lowest BCUT2D eigenvalue weighted by molar-refractivity contribution is 0.125. The van der Waals surface area contributed by atoms with Gasteiger partial charge in [0, 0.05) is 29.6 Å². The van der Waals surface area contributed by atoms with Crippen LogP contribution >= 0.6 is 11.6 Å². The van der Waals surface area contributed by atoms with E-state index in [-0.39, 0.29) is 5.41 Å². The van der Waals surface area contributed by atoms with Crippen LogP contribution in [0.15, 0.2) is 18.2 Å². The van der Waals surface area contributed by atoms with Crippen LogP contribution in [-0.4, -0.2) is 24.3 Å². The van der Waals surface area contributed by atoms with Crippen molar-refractivity contribution in [3.05, 3.63) is 34.3 Å². The van der Waals surface area contributed by atoms with Gasteiger partial charge in [-0.25, -0.2) is 0 Å². The highest BCUT2D eigenvalue weighted by atomic mass is 35.5. The monoisotopic (exact) mass is 279 g/mol. The third kappa shape index (κ3) is 2.81. The van der Waals surface area contributed by atoms with Gasteiger partial charge in [0.2, 0.25) is 0 Å². The molecule has 3 heteroatoms. The van der Waals surface area contributed by atoms with Crippen LogP contribution in [0.5, 0.6) is 0 Å². The fraction of sp³-hybridized carbons (Fsp3) is 0.625.